The van der Waals surface area contributed by atoms with Crippen LogP contribution in [0, 0.1) is 0 Å². The van der Waals surface area contributed by atoms with Crippen LogP contribution in [0.3, 0.4) is 0 Å². The van der Waals surface area contributed by atoms with Crippen LogP contribution in [0.15, 0.2) is 36.7 Å². The van der Waals surface area contributed by atoms with E-state index in [0.29, 0.717) is 11.2 Å². The van der Waals surface area contributed by atoms with E-state index in [1.54, 1.807) is 0 Å². The summed E-state index contributed by atoms with van der Waals surface area (Å²) in [5, 5.41) is 0.509. The quantitative estimate of drug-likeness (QED) is 0.800. The van der Waals surface area contributed by atoms with Gasteiger partial charge in [-0.3, -0.25) is 0 Å². The van der Waals surface area contributed by atoms with Gasteiger partial charge in [0.1, 0.15) is 11.5 Å². The van der Waals surface area contributed by atoms with Crippen LogP contribution < -0.4 is 4.90 Å². The Labute approximate surface area is 124 Å². The average molecular weight is 288 g/mol. The average Bonchev–Trinajstić information content (AvgIpc) is 2.78. The summed E-state index contributed by atoms with van der Waals surface area (Å²) in [6, 6.07) is 11.1. The maximum atomic E-state index is 5.96. The minimum Gasteiger partial charge on any atom is -0.362 e. The van der Waals surface area contributed by atoms with E-state index in [1.807, 2.05) is 6.07 Å². The summed E-state index contributed by atoms with van der Waals surface area (Å²) in [6.07, 6.45) is 5.06. The van der Waals surface area contributed by atoms with E-state index >= 15 is 0 Å². The van der Waals surface area contributed by atoms with Gasteiger partial charge in [-0.05, 0) is 30.5 Å². The molecule has 4 heteroatoms. The molecule has 0 amide bonds. The van der Waals surface area contributed by atoms with Gasteiger partial charge in [-0.1, -0.05) is 43.1 Å². The van der Waals surface area contributed by atoms with Crippen molar-refractivity contribution in [3.63, 3.8) is 0 Å². The van der Waals surface area contributed by atoms with Crippen molar-refractivity contribution in [1.82, 2.24) is 9.97 Å². The first-order valence-electron chi connectivity index (χ1n) is 7.09. The number of nitrogens with zero attached hydrogens (tertiary/aromatic N) is 3. The Kier molecular flexibility index (Phi) is 3.88. The highest BCUT2D eigenvalue weighted by molar-refractivity contribution is 6.29. The molecule has 20 heavy (non-hydrogen) atoms. The Morgan fingerprint density at radius 1 is 1.30 bits per heavy atom. The number of hydrogen-bond acceptors (Lipinski definition) is 3. The Bertz CT molecular complexity index is 600. The maximum absolute atomic E-state index is 5.96. The lowest BCUT2D eigenvalue weighted by atomic mass is 10.1. The molecule has 0 fully saturated rings. The highest BCUT2D eigenvalue weighted by Gasteiger charge is 2.28. The molecule has 1 aromatic heterocycles. The van der Waals surface area contributed by atoms with E-state index in [4.69, 9.17) is 11.6 Å². The number of benzene rings is 1. The number of aromatic nitrogens is 2. The van der Waals surface area contributed by atoms with Gasteiger partial charge in [0, 0.05) is 11.7 Å². The topological polar surface area (TPSA) is 29.0 Å². The summed E-state index contributed by atoms with van der Waals surface area (Å²) >= 11 is 5.96. The standard InChI is InChI=1S/C16H18ClN3/c1-2-5-14-8-12-6-3-4-7-15(12)20(14)10-13-9-16(17)19-11-18-13/h3-4,6-7,9,11,14H,2,5,8,10H2,1H3. The first-order valence-corrected chi connectivity index (χ1v) is 7.46. The fourth-order valence-electron chi connectivity index (χ4n) is 2.96. The van der Waals surface area contributed by atoms with Gasteiger partial charge in [-0.25, -0.2) is 9.97 Å². The molecule has 0 N–H and O–H groups in total. The fourth-order valence-corrected chi connectivity index (χ4v) is 3.13. The molecule has 1 aliphatic heterocycles. The van der Waals surface area contributed by atoms with Crippen molar-refractivity contribution in [3.8, 4) is 0 Å². The van der Waals surface area contributed by atoms with Crippen molar-refractivity contribution >= 4 is 17.3 Å². The third-order valence-corrected chi connectivity index (χ3v) is 4.05. The number of rotatable bonds is 4. The van der Waals surface area contributed by atoms with E-state index in [2.05, 4.69) is 46.1 Å². The number of fused-ring (bicyclic) bond motifs is 1. The molecule has 1 atom stereocenters. The summed E-state index contributed by atoms with van der Waals surface area (Å²) in [6.45, 7) is 3.03. The molecule has 1 unspecified atom stereocenters. The predicted octanol–water partition coefficient (Wildman–Crippen LogP) is 3.86. The number of para-hydroxylation sites is 1. The van der Waals surface area contributed by atoms with Crippen molar-refractivity contribution in [1.29, 1.82) is 0 Å². The smallest absolute Gasteiger partial charge is 0.132 e. The Morgan fingerprint density at radius 2 is 2.15 bits per heavy atom. The van der Waals surface area contributed by atoms with Crippen LogP contribution in [0.4, 0.5) is 5.69 Å². The zero-order chi connectivity index (χ0) is 13.9. The SMILES string of the molecule is CCCC1Cc2ccccc2N1Cc1cc(Cl)ncn1. The van der Waals surface area contributed by atoms with Gasteiger partial charge in [-0.2, -0.15) is 0 Å². The number of anilines is 1. The van der Waals surface area contributed by atoms with E-state index in [-0.39, 0.29) is 0 Å². The number of halogens is 1. The molecule has 0 bridgehead atoms. The Hall–Kier alpha value is -1.61. The van der Waals surface area contributed by atoms with Crippen LogP contribution in [-0.2, 0) is 13.0 Å². The van der Waals surface area contributed by atoms with Crippen molar-refractivity contribution in [3.05, 3.63) is 53.1 Å². The summed E-state index contributed by atoms with van der Waals surface area (Å²) in [5.41, 5.74) is 3.74. The van der Waals surface area contributed by atoms with E-state index < -0.39 is 0 Å². The highest BCUT2D eigenvalue weighted by Crippen LogP contribution is 2.34. The molecular formula is C16H18ClN3. The Morgan fingerprint density at radius 3 is 2.95 bits per heavy atom. The van der Waals surface area contributed by atoms with Crippen LogP contribution in [-0.4, -0.2) is 16.0 Å². The number of hydrogen-bond donors (Lipinski definition) is 0. The molecule has 0 saturated heterocycles. The van der Waals surface area contributed by atoms with E-state index in [0.717, 1.165) is 18.7 Å². The summed E-state index contributed by atoms with van der Waals surface area (Å²) in [4.78, 5) is 10.7. The first kappa shape index (κ1) is 13.4. The van der Waals surface area contributed by atoms with Gasteiger partial charge in [0.15, 0.2) is 0 Å². The molecule has 0 aliphatic carbocycles. The summed E-state index contributed by atoms with van der Waals surface area (Å²) in [7, 11) is 0. The molecule has 0 saturated carbocycles. The first-order chi connectivity index (χ1) is 9.78. The lowest BCUT2D eigenvalue weighted by Gasteiger charge is -2.27. The fraction of sp³-hybridized carbons (Fsp3) is 0.375. The van der Waals surface area contributed by atoms with Crippen molar-refractivity contribution in [2.75, 3.05) is 4.90 Å². The van der Waals surface area contributed by atoms with Crippen LogP contribution in [0.2, 0.25) is 5.15 Å². The van der Waals surface area contributed by atoms with Crippen LogP contribution in [0.5, 0.6) is 0 Å². The largest absolute Gasteiger partial charge is 0.362 e. The normalized spacial score (nSPS) is 17.3. The molecule has 1 aliphatic rings. The van der Waals surface area contributed by atoms with Gasteiger partial charge in [-0.15, -0.1) is 0 Å². The van der Waals surface area contributed by atoms with Gasteiger partial charge >= 0.3 is 0 Å². The molecule has 104 valence electrons. The van der Waals surface area contributed by atoms with Gasteiger partial charge in [0.2, 0.25) is 0 Å². The third kappa shape index (κ3) is 2.63. The molecule has 0 spiro atoms. The molecule has 3 nitrogen and oxygen atoms in total. The van der Waals surface area contributed by atoms with Crippen molar-refractivity contribution in [2.24, 2.45) is 0 Å². The molecule has 0 radical (unpaired) electrons. The highest BCUT2D eigenvalue weighted by atomic mass is 35.5. The maximum Gasteiger partial charge on any atom is 0.132 e. The minimum absolute atomic E-state index is 0.509. The predicted molar refractivity (Wildman–Crippen MR) is 82.1 cm³/mol. The molecule has 1 aromatic carbocycles. The van der Waals surface area contributed by atoms with Gasteiger partial charge in [0.05, 0.1) is 12.2 Å². The summed E-state index contributed by atoms with van der Waals surface area (Å²) < 4.78 is 0. The summed E-state index contributed by atoms with van der Waals surface area (Å²) in [5.74, 6) is 0. The zero-order valence-corrected chi connectivity index (χ0v) is 12.3. The third-order valence-electron chi connectivity index (χ3n) is 3.84. The van der Waals surface area contributed by atoms with E-state index in [9.17, 15) is 0 Å². The lowest BCUT2D eigenvalue weighted by molar-refractivity contribution is 0.563. The Balaban J connectivity index is 1.88. The minimum atomic E-state index is 0.509. The van der Waals surface area contributed by atoms with E-state index in [1.165, 1.54) is 30.4 Å². The van der Waals surface area contributed by atoms with Crippen LogP contribution in [0.1, 0.15) is 31.0 Å². The molecule has 2 aromatic rings. The van der Waals surface area contributed by atoms with Crippen LogP contribution >= 0.6 is 11.6 Å². The molecule has 3 rings (SSSR count). The second kappa shape index (κ2) is 5.80. The lowest BCUT2D eigenvalue weighted by Crippen LogP contribution is -2.31. The molecule has 2 heterocycles. The second-order valence-corrected chi connectivity index (χ2v) is 5.62. The zero-order valence-electron chi connectivity index (χ0n) is 11.6. The van der Waals surface area contributed by atoms with Gasteiger partial charge in [0.25, 0.3) is 0 Å². The van der Waals surface area contributed by atoms with Crippen LogP contribution in [0.25, 0.3) is 0 Å². The van der Waals surface area contributed by atoms with Crippen molar-refractivity contribution in [2.45, 2.75) is 38.8 Å². The second-order valence-electron chi connectivity index (χ2n) is 5.24. The monoisotopic (exact) mass is 287 g/mol. The molecular weight excluding hydrogens is 270 g/mol. The van der Waals surface area contributed by atoms with Crippen molar-refractivity contribution < 1.29 is 0 Å². The van der Waals surface area contributed by atoms with Gasteiger partial charge < -0.3 is 4.90 Å².